The summed E-state index contributed by atoms with van der Waals surface area (Å²) in [6.07, 6.45) is 0. The molecule has 1 unspecified atom stereocenters. The molecule has 94 valence electrons. The van der Waals surface area contributed by atoms with E-state index in [9.17, 15) is 17.6 Å². The minimum absolute atomic E-state index is 0.269. The standard InChI is InChI=1S/C9H10ClFN2O3S/c1-5(9(12)14)13-17(15,16)8-3-2-6(11)4-7(8)10/h2-5,13H,1H3,(H2,12,14). The quantitative estimate of drug-likeness (QED) is 0.848. The topological polar surface area (TPSA) is 89.3 Å². The molecule has 1 atom stereocenters. The molecule has 5 nitrogen and oxygen atoms in total. The van der Waals surface area contributed by atoms with E-state index in [4.69, 9.17) is 17.3 Å². The van der Waals surface area contributed by atoms with Gasteiger partial charge >= 0.3 is 0 Å². The molecule has 0 aliphatic heterocycles. The molecule has 1 aromatic carbocycles. The van der Waals surface area contributed by atoms with Gasteiger partial charge in [-0.05, 0) is 25.1 Å². The summed E-state index contributed by atoms with van der Waals surface area (Å²) in [6.45, 7) is 1.29. The van der Waals surface area contributed by atoms with E-state index in [1.54, 1.807) is 0 Å². The minimum Gasteiger partial charge on any atom is -0.368 e. The Morgan fingerprint density at radius 2 is 2.12 bits per heavy atom. The fourth-order valence-electron chi connectivity index (χ4n) is 1.05. The van der Waals surface area contributed by atoms with Gasteiger partial charge in [0, 0.05) is 0 Å². The summed E-state index contributed by atoms with van der Waals surface area (Å²) >= 11 is 5.60. The first-order valence-corrected chi connectivity index (χ1v) is 6.37. The number of primary amides is 1. The summed E-state index contributed by atoms with van der Waals surface area (Å²) in [7, 11) is -4.00. The molecule has 1 amide bonds. The molecule has 0 bridgehead atoms. The number of benzene rings is 1. The molecule has 1 rings (SSSR count). The van der Waals surface area contributed by atoms with Crippen LogP contribution < -0.4 is 10.5 Å². The van der Waals surface area contributed by atoms with Crippen LogP contribution in [0.5, 0.6) is 0 Å². The van der Waals surface area contributed by atoms with Gasteiger partial charge in [0.05, 0.1) is 11.1 Å². The zero-order valence-corrected chi connectivity index (χ0v) is 10.3. The normalized spacial score (nSPS) is 13.4. The van der Waals surface area contributed by atoms with Crippen LogP contribution in [0, 0.1) is 5.82 Å². The Labute approximate surface area is 103 Å². The molecule has 8 heteroatoms. The second-order valence-electron chi connectivity index (χ2n) is 3.32. The Morgan fingerprint density at radius 1 is 1.53 bits per heavy atom. The van der Waals surface area contributed by atoms with Gasteiger partial charge in [0.15, 0.2) is 0 Å². The number of sulfonamides is 1. The Morgan fingerprint density at radius 3 is 2.59 bits per heavy atom. The van der Waals surface area contributed by atoms with Crippen molar-refractivity contribution in [1.29, 1.82) is 0 Å². The first kappa shape index (κ1) is 13.9. The van der Waals surface area contributed by atoms with Crippen LogP contribution in [0.3, 0.4) is 0 Å². The van der Waals surface area contributed by atoms with Gasteiger partial charge in [0.2, 0.25) is 15.9 Å². The number of hydrogen-bond acceptors (Lipinski definition) is 3. The number of carbonyl (C=O) groups excluding carboxylic acids is 1. The highest BCUT2D eigenvalue weighted by molar-refractivity contribution is 7.89. The monoisotopic (exact) mass is 280 g/mol. The van der Waals surface area contributed by atoms with E-state index in [0.717, 1.165) is 18.2 Å². The van der Waals surface area contributed by atoms with E-state index in [-0.39, 0.29) is 9.92 Å². The summed E-state index contributed by atoms with van der Waals surface area (Å²) in [5.41, 5.74) is 4.92. The van der Waals surface area contributed by atoms with Gasteiger partial charge in [-0.3, -0.25) is 4.79 Å². The van der Waals surface area contributed by atoms with Crippen LogP contribution in [0.25, 0.3) is 0 Å². The van der Waals surface area contributed by atoms with Gasteiger partial charge in [0.1, 0.15) is 10.7 Å². The van der Waals surface area contributed by atoms with Gasteiger partial charge in [-0.1, -0.05) is 11.6 Å². The highest BCUT2D eigenvalue weighted by Crippen LogP contribution is 2.22. The maximum absolute atomic E-state index is 12.8. The molecule has 0 spiro atoms. The third-order valence-corrected chi connectivity index (χ3v) is 3.97. The third kappa shape index (κ3) is 3.39. The van der Waals surface area contributed by atoms with Crippen molar-refractivity contribution in [2.24, 2.45) is 5.73 Å². The van der Waals surface area contributed by atoms with E-state index < -0.39 is 27.8 Å². The van der Waals surface area contributed by atoms with E-state index in [0.29, 0.717) is 0 Å². The van der Waals surface area contributed by atoms with E-state index in [1.165, 1.54) is 6.92 Å². The average Bonchev–Trinajstić information content (AvgIpc) is 2.15. The largest absolute Gasteiger partial charge is 0.368 e. The van der Waals surface area contributed by atoms with Crippen molar-refractivity contribution in [3.8, 4) is 0 Å². The Balaban J connectivity index is 3.10. The SMILES string of the molecule is CC(NS(=O)(=O)c1ccc(F)cc1Cl)C(N)=O. The number of rotatable bonds is 4. The van der Waals surface area contributed by atoms with Crippen molar-refractivity contribution in [2.75, 3.05) is 0 Å². The first-order valence-electron chi connectivity index (χ1n) is 4.51. The number of amides is 1. The maximum atomic E-state index is 12.8. The highest BCUT2D eigenvalue weighted by Gasteiger charge is 2.22. The molecular formula is C9H10ClFN2O3S. The zero-order chi connectivity index (χ0) is 13.2. The predicted octanol–water partition coefficient (Wildman–Crippen LogP) is 0.631. The fourth-order valence-corrected chi connectivity index (χ4v) is 2.79. The molecule has 0 saturated carbocycles. The molecule has 0 aliphatic carbocycles. The lowest BCUT2D eigenvalue weighted by Gasteiger charge is -2.11. The highest BCUT2D eigenvalue weighted by atomic mass is 35.5. The number of hydrogen-bond donors (Lipinski definition) is 2. The molecule has 0 fully saturated rings. The van der Waals surface area contributed by atoms with Gasteiger partial charge in [-0.25, -0.2) is 12.8 Å². The number of nitrogens with one attached hydrogen (secondary N) is 1. The van der Waals surface area contributed by atoms with Crippen LogP contribution in [0.1, 0.15) is 6.92 Å². The summed E-state index contributed by atoms with van der Waals surface area (Å²) in [5, 5.41) is -0.269. The van der Waals surface area contributed by atoms with Crippen LogP contribution in [-0.4, -0.2) is 20.4 Å². The first-order chi connectivity index (χ1) is 7.74. The summed E-state index contributed by atoms with van der Waals surface area (Å²) < 4.78 is 38.3. The van der Waals surface area contributed by atoms with E-state index in [2.05, 4.69) is 0 Å². The minimum atomic E-state index is -4.00. The van der Waals surface area contributed by atoms with E-state index in [1.807, 2.05) is 4.72 Å². The number of carbonyl (C=O) groups is 1. The lowest BCUT2D eigenvalue weighted by atomic mass is 10.3. The average molecular weight is 281 g/mol. The van der Waals surface area contributed by atoms with Crippen molar-refractivity contribution >= 4 is 27.5 Å². The maximum Gasteiger partial charge on any atom is 0.242 e. The van der Waals surface area contributed by atoms with Crippen molar-refractivity contribution in [3.63, 3.8) is 0 Å². The lowest BCUT2D eigenvalue weighted by Crippen LogP contribution is -2.42. The third-order valence-electron chi connectivity index (χ3n) is 1.94. The number of nitrogens with two attached hydrogens (primary N) is 1. The van der Waals surface area contributed by atoms with Crippen LogP contribution in [-0.2, 0) is 14.8 Å². The van der Waals surface area contributed by atoms with Gasteiger partial charge in [-0.15, -0.1) is 0 Å². The Bertz CT molecular complexity index is 547. The van der Waals surface area contributed by atoms with Crippen molar-refractivity contribution in [1.82, 2.24) is 4.72 Å². The van der Waals surface area contributed by atoms with Gasteiger partial charge in [0.25, 0.3) is 0 Å². The molecule has 0 heterocycles. The Hall–Kier alpha value is -1.18. The van der Waals surface area contributed by atoms with Gasteiger partial charge in [-0.2, -0.15) is 4.72 Å². The Kier molecular flexibility index (Phi) is 4.07. The van der Waals surface area contributed by atoms with Crippen molar-refractivity contribution in [3.05, 3.63) is 29.0 Å². The van der Waals surface area contributed by atoms with Crippen molar-refractivity contribution in [2.45, 2.75) is 17.9 Å². The molecule has 3 N–H and O–H groups in total. The second-order valence-corrected chi connectivity index (χ2v) is 5.41. The van der Waals surface area contributed by atoms with Crippen LogP contribution in [0.2, 0.25) is 5.02 Å². The number of halogens is 2. The lowest BCUT2D eigenvalue weighted by molar-refractivity contribution is -0.119. The second kappa shape index (κ2) is 4.99. The molecule has 1 aromatic rings. The smallest absolute Gasteiger partial charge is 0.242 e. The van der Waals surface area contributed by atoms with Crippen LogP contribution >= 0.6 is 11.6 Å². The van der Waals surface area contributed by atoms with Gasteiger partial charge < -0.3 is 5.73 Å². The zero-order valence-electron chi connectivity index (χ0n) is 8.78. The van der Waals surface area contributed by atoms with E-state index >= 15 is 0 Å². The molecular weight excluding hydrogens is 271 g/mol. The van der Waals surface area contributed by atoms with Crippen LogP contribution in [0.4, 0.5) is 4.39 Å². The molecule has 0 saturated heterocycles. The molecule has 0 aliphatic rings. The van der Waals surface area contributed by atoms with Crippen molar-refractivity contribution < 1.29 is 17.6 Å². The molecule has 0 aromatic heterocycles. The molecule has 0 radical (unpaired) electrons. The van der Waals surface area contributed by atoms with Crippen LogP contribution in [0.15, 0.2) is 23.1 Å². The fraction of sp³-hybridized carbons (Fsp3) is 0.222. The summed E-state index contributed by atoms with van der Waals surface area (Å²) in [4.78, 5) is 10.4. The molecule has 17 heavy (non-hydrogen) atoms. The summed E-state index contributed by atoms with van der Waals surface area (Å²) in [6, 6.07) is 1.75. The summed E-state index contributed by atoms with van der Waals surface area (Å²) in [5.74, 6) is -1.48. The predicted molar refractivity (Wildman–Crippen MR) is 60.4 cm³/mol.